The molecule has 3 aromatic rings. The van der Waals surface area contributed by atoms with Crippen LogP contribution in [0.25, 0.3) is 10.8 Å². The van der Waals surface area contributed by atoms with E-state index in [0.29, 0.717) is 6.07 Å². The van der Waals surface area contributed by atoms with Crippen molar-refractivity contribution in [1.29, 1.82) is 0 Å². The highest BCUT2D eigenvalue weighted by molar-refractivity contribution is 9.09. The summed E-state index contributed by atoms with van der Waals surface area (Å²) in [6.45, 7) is 0. The molecule has 0 spiro atoms. The second-order valence-electron chi connectivity index (χ2n) is 4.72. The lowest BCUT2D eigenvalue weighted by Crippen LogP contribution is -2.00. The molecule has 0 radical (unpaired) electrons. The van der Waals surface area contributed by atoms with Gasteiger partial charge in [0.2, 0.25) is 0 Å². The van der Waals surface area contributed by atoms with Crippen LogP contribution in [0.4, 0.5) is 13.2 Å². The largest absolute Gasteiger partial charge is 0.207 e. The predicted molar refractivity (Wildman–Crippen MR) is 81.0 cm³/mol. The lowest BCUT2D eigenvalue weighted by Gasteiger charge is -2.15. The van der Waals surface area contributed by atoms with Gasteiger partial charge in [0.25, 0.3) is 0 Å². The highest BCUT2D eigenvalue weighted by Crippen LogP contribution is 2.37. The molecule has 0 amide bonds. The number of halogens is 4. The normalized spacial score (nSPS) is 12.6. The highest BCUT2D eigenvalue weighted by atomic mass is 79.9. The zero-order chi connectivity index (χ0) is 15.0. The van der Waals surface area contributed by atoms with Gasteiger partial charge in [-0.3, -0.25) is 0 Å². The molecule has 0 fully saturated rings. The van der Waals surface area contributed by atoms with Gasteiger partial charge in [-0.05, 0) is 22.4 Å². The van der Waals surface area contributed by atoms with Gasteiger partial charge in [-0.15, -0.1) is 0 Å². The molecule has 0 aliphatic carbocycles. The Morgan fingerprint density at radius 2 is 1.38 bits per heavy atom. The third-order valence-electron chi connectivity index (χ3n) is 3.41. The van der Waals surface area contributed by atoms with Crippen LogP contribution in [-0.4, -0.2) is 0 Å². The molecule has 106 valence electrons. The van der Waals surface area contributed by atoms with Crippen LogP contribution in [0.1, 0.15) is 16.0 Å². The molecule has 4 heteroatoms. The summed E-state index contributed by atoms with van der Waals surface area (Å²) in [6, 6.07) is 14.7. The minimum atomic E-state index is -1.19. The molecule has 3 aromatic carbocycles. The molecule has 0 N–H and O–H groups in total. The molecule has 0 nitrogen and oxygen atoms in total. The Hall–Kier alpha value is -1.81. The summed E-state index contributed by atoms with van der Waals surface area (Å²) >= 11 is 3.40. The maximum atomic E-state index is 13.9. The zero-order valence-electron chi connectivity index (χ0n) is 10.8. The molecular formula is C17H10BrF3. The molecule has 0 bridgehead atoms. The fraction of sp³-hybridized carbons (Fsp3) is 0.0588. The van der Waals surface area contributed by atoms with Crippen LogP contribution >= 0.6 is 15.9 Å². The fourth-order valence-electron chi connectivity index (χ4n) is 2.37. The monoisotopic (exact) mass is 350 g/mol. The molecule has 0 aromatic heterocycles. The van der Waals surface area contributed by atoms with E-state index in [2.05, 4.69) is 15.9 Å². The molecule has 21 heavy (non-hydrogen) atoms. The van der Waals surface area contributed by atoms with Gasteiger partial charge in [-0.1, -0.05) is 58.4 Å². The van der Waals surface area contributed by atoms with Crippen LogP contribution < -0.4 is 0 Å². The Kier molecular flexibility index (Phi) is 3.72. The van der Waals surface area contributed by atoms with Gasteiger partial charge in [0.05, 0.1) is 4.83 Å². The fourth-order valence-corrected chi connectivity index (χ4v) is 3.12. The Balaban J connectivity index is 2.17. The maximum Gasteiger partial charge on any atom is 0.161 e. The number of alkyl halides is 1. The quantitative estimate of drug-likeness (QED) is 0.408. The Labute approximate surface area is 128 Å². The number of fused-ring (bicyclic) bond motifs is 1. The Bertz CT molecular complexity index is 809. The molecule has 0 aliphatic heterocycles. The van der Waals surface area contributed by atoms with Crippen molar-refractivity contribution in [1.82, 2.24) is 0 Å². The molecule has 1 atom stereocenters. The molecule has 3 rings (SSSR count). The molecule has 0 aliphatic rings. The molecule has 0 heterocycles. The minimum Gasteiger partial charge on any atom is -0.207 e. The minimum absolute atomic E-state index is 0.0743. The van der Waals surface area contributed by atoms with E-state index in [1.165, 1.54) is 0 Å². The average molecular weight is 351 g/mol. The third-order valence-corrected chi connectivity index (χ3v) is 4.40. The van der Waals surface area contributed by atoms with Crippen molar-refractivity contribution in [3.8, 4) is 0 Å². The van der Waals surface area contributed by atoms with Crippen molar-refractivity contribution in [2.75, 3.05) is 0 Å². The number of benzene rings is 3. The van der Waals surface area contributed by atoms with Crippen molar-refractivity contribution in [3.63, 3.8) is 0 Å². The maximum absolute atomic E-state index is 13.9. The van der Waals surface area contributed by atoms with E-state index in [9.17, 15) is 13.2 Å². The standard InChI is InChI=1S/C17H10BrF3/c18-17(13-8-15(20)16(21)9-14(13)19)12-7-3-5-10-4-1-2-6-11(10)12/h1-9,17H. The van der Waals surface area contributed by atoms with Crippen LogP contribution in [0.5, 0.6) is 0 Å². The summed E-state index contributed by atoms with van der Waals surface area (Å²) in [5.74, 6) is -3.02. The summed E-state index contributed by atoms with van der Waals surface area (Å²) < 4.78 is 40.4. The number of hydrogen-bond acceptors (Lipinski definition) is 0. The van der Waals surface area contributed by atoms with E-state index in [0.717, 1.165) is 22.4 Å². The summed E-state index contributed by atoms with van der Waals surface area (Å²) in [5.41, 5.74) is 0.878. The van der Waals surface area contributed by atoms with E-state index in [1.54, 1.807) is 0 Å². The van der Waals surface area contributed by atoms with Gasteiger partial charge >= 0.3 is 0 Å². The topological polar surface area (TPSA) is 0 Å². The smallest absolute Gasteiger partial charge is 0.161 e. The second kappa shape index (κ2) is 5.53. The zero-order valence-corrected chi connectivity index (χ0v) is 12.4. The van der Waals surface area contributed by atoms with Gasteiger partial charge in [0.15, 0.2) is 11.6 Å². The Morgan fingerprint density at radius 1 is 0.714 bits per heavy atom. The average Bonchev–Trinajstić information content (AvgIpc) is 2.49. The summed E-state index contributed by atoms with van der Waals surface area (Å²) in [4.78, 5) is -0.557. The summed E-state index contributed by atoms with van der Waals surface area (Å²) in [7, 11) is 0. The van der Waals surface area contributed by atoms with Crippen molar-refractivity contribution >= 4 is 26.7 Å². The van der Waals surface area contributed by atoms with Crippen molar-refractivity contribution in [2.24, 2.45) is 0 Å². The first kappa shape index (κ1) is 14.1. The van der Waals surface area contributed by atoms with E-state index in [-0.39, 0.29) is 5.56 Å². The number of rotatable bonds is 2. The summed E-state index contributed by atoms with van der Waals surface area (Å²) in [5, 5.41) is 1.94. The van der Waals surface area contributed by atoms with Crippen molar-refractivity contribution in [3.05, 3.63) is 83.2 Å². The SMILES string of the molecule is Fc1cc(F)c(C(Br)c2cccc3ccccc23)cc1F. The second-order valence-corrected chi connectivity index (χ2v) is 5.63. The van der Waals surface area contributed by atoms with Gasteiger partial charge in [0.1, 0.15) is 5.82 Å². The molecule has 1 unspecified atom stereocenters. The first-order chi connectivity index (χ1) is 10.1. The van der Waals surface area contributed by atoms with Gasteiger partial charge < -0.3 is 0 Å². The van der Waals surface area contributed by atoms with E-state index in [1.807, 2.05) is 42.5 Å². The predicted octanol–water partition coefficient (Wildman–Crippen LogP) is 5.74. The third kappa shape index (κ3) is 2.56. The highest BCUT2D eigenvalue weighted by Gasteiger charge is 2.19. The van der Waals surface area contributed by atoms with Crippen molar-refractivity contribution in [2.45, 2.75) is 4.83 Å². The van der Waals surface area contributed by atoms with Crippen LogP contribution in [0.3, 0.4) is 0 Å². The van der Waals surface area contributed by atoms with Crippen LogP contribution in [-0.2, 0) is 0 Å². The van der Waals surface area contributed by atoms with Crippen LogP contribution in [0, 0.1) is 17.5 Å². The first-order valence-corrected chi connectivity index (χ1v) is 7.25. The van der Waals surface area contributed by atoms with Gasteiger partial charge in [-0.25, -0.2) is 13.2 Å². The van der Waals surface area contributed by atoms with Crippen molar-refractivity contribution < 1.29 is 13.2 Å². The van der Waals surface area contributed by atoms with E-state index >= 15 is 0 Å². The van der Waals surface area contributed by atoms with Gasteiger partial charge in [-0.2, -0.15) is 0 Å². The Morgan fingerprint density at radius 3 is 2.19 bits per heavy atom. The molecule has 0 saturated carbocycles. The lowest BCUT2D eigenvalue weighted by molar-refractivity contribution is 0.491. The first-order valence-electron chi connectivity index (χ1n) is 6.34. The molecule has 0 saturated heterocycles. The van der Waals surface area contributed by atoms with Crippen LogP contribution in [0.2, 0.25) is 0 Å². The summed E-state index contributed by atoms with van der Waals surface area (Å²) in [6.07, 6.45) is 0. The van der Waals surface area contributed by atoms with Gasteiger partial charge in [0, 0.05) is 11.6 Å². The lowest BCUT2D eigenvalue weighted by atomic mass is 9.98. The number of hydrogen-bond donors (Lipinski definition) is 0. The van der Waals surface area contributed by atoms with E-state index < -0.39 is 22.3 Å². The van der Waals surface area contributed by atoms with E-state index in [4.69, 9.17) is 0 Å². The van der Waals surface area contributed by atoms with Crippen LogP contribution in [0.15, 0.2) is 54.6 Å². The molecular weight excluding hydrogens is 341 g/mol.